The predicted molar refractivity (Wildman–Crippen MR) is 302 cm³/mol. The van der Waals surface area contributed by atoms with Crippen LogP contribution in [0.2, 0.25) is 0 Å². The summed E-state index contributed by atoms with van der Waals surface area (Å²) in [6.07, 6.45) is 64.3. The monoisotopic (exact) mass is 1010 g/mol. The maximum absolute atomic E-state index is 13.5. The van der Waals surface area contributed by atoms with E-state index in [9.17, 15) is 19.0 Å². The lowest BCUT2D eigenvalue weighted by atomic mass is 10.0. The number of rotatable bonds is 52. The van der Waals surface area contributed by atoms with Gasteiger partial charge in [0.05, 0.1) is 33.8 Å². The molecule has 0 aliphatic carbocycles. The maximum Gasteiger partial charge on any atom is 0.306 e. The molecule has 0 radical (unpaired) electrons. The molecule has 0 heterocycles. The van der Waals surface area contributed by atoms with Crippen LogP contribution in [0.25, 0.3) is 0 Å². The van der Waals surface area contributed by atoms with Crippen LogP contribution in [0.4, 0.5) is 0 Å². The minimum absolute atomic E-state index is 0.0289. The van der Waals surface area contributed by atoms with E-state index < -0.39 is 26.6 Å². The van der Waals surface area contributed by atoms with Crippen LogP contribution in [0.3, 0.4) is 0 Å². The Morgan fingerprint density at radius 3 is 1.38 bits per heavy atom. The highest BCUT2D eigenvalue weighted by Gasteiger charge is 2.27. The molecule has 1 N–H and O–H groups in total. The lowest BCUT2D eigenvalue weighted by Crippen LogP contribution is -2.47. The number of nitrogens with one attached hydrogen (secondary N) is 1. The lowest BCUT2D eigenvalue weighted by Gasteiger charge is -2.30. The number of amides is 1. The molecule has 10 heteroatoms. The minimum Gasteiger partial charge on any atom is -0.756 e. The highest BCUT2D eigenvalue weighted by Crippen LogP contribution is 2.38. The summed E-state index contributed by atoms with van der Waals surface area (Å²) in [7, 11) is 1.16. The van der Waals surface area contributed by atoms with E-state index in [4.69, 9.17) is 13.8 Å². The molecule has 1 amide bonds. The molecular weight excluding hydrogens is 904 g/mol. The van der Waals surface area contributed by atoms with Crippen molar-refractivity contribution in [3.05, 3.63) is 72.9 Å². The Morgan fingerprint density at radius 1 is 0.507 bits per heavy atom. The smallest absolute Gasteiger partial charge is 0.306 e. The van der Waals surface area contributed by atoms with Gasteiger partial charge in [-0.25, -0.2) is 0 Å². The second-order valence-corrected chi connectivity index (χ2v) is 22.2. The molecule has 0 spiro atoms. The van der Waals surface area contributed by atoms with Crippen molar-refractivity contribution in [1.29, 1.82) is 0 Å². The molecule has 0 saturated carbocycles. The van der Waals surface area contributed by atoms with Gasteiger partial charge < -0.3 is 28.5 Å². The van der Waals surface area contributed by atoms with Gasteiger partial charge in [-0.3, -0.25) is 14.2 Å². The fourth-order valence-corrected chi connectivity index (χ4v) is 8.82. The van der Waals surface area contributed by atoms with E-state index in [1.165, 1.54) is 96.3 Å². The summed E-state index contributed by atoms with van der Waals surface area (Å²) >= 11 is 0. The first-order chi connectivity index (χ1) is 34.4. The van der Waals surface area contributed by atoms with Crippen molar-refractivity contribution in [1.82, 2.24) is 5.32 Å². The number of likely N-dealkylation sites (N-methyl/N-ethyl adjacent to an activating group) is 1. The number of phosphoric acid groups is 1. The summed E-state index contributed by atoms with van der Waals surface area (Å²) in [6.45, 7) is 6.69. The van der Waals surface area contributed by atoms with E-state index in [0.29, 0.717) is 17.4 Å². The zero-order valence-electron chi connectivity index (χ0n) is 46.9. The van der Waals surface area contributed by atoms with Crippen LogP contribution in [0.1, 0.15) is 252 Å². The molecule has 0 aromatic heterocycles. The maximum atomic E-state index is 13.5. The second kappa shape index (κ2) is 51.0. The third kappa shape index (κ3) is 52.1. The number of quaternary nitrogens is 1. The Bertz CT molecular complexity index is 1450. The van der Waals surface area contributed by atoms with Crippen molar-refractivity contribution in [2.45, 2.75) is 264 Å². The number of nitrogens with zero attached hydrogens (tertiary/aromatic N) is 1. The Labute approximate surface area is 438 Å². The van der Waals surface area contributed by atoms with Crippen LogP contribution in [-0.2, 0) is 27.9 Å². The first-order valence-corrected chi connectivity index (χ1v) is 30.7. The molecule has 0 rings (SSSR count). The lowest BCUT2D eigenvalue weighted by molar-refractivity contribution is -0.870. The normalized spacial score (nSPS) is 14.3. The van der Waals surface area contributed by atoms with Gasteiger partial charge in [0.2, 0.25) is 5.91 Å². The molecule has 0 aromatic carbocycles. The van der Waals surface area contributed by atoms with Crippen molar-refractivity contribution < 1.29 is 37.3 Å². The molecule has 3 atom stereocenters. The molecule has 0 aromatic rings. The number of esters is 1. The molecule has 0 fully saturated rings. The van der Waals surface area contributed by atoms with Gasteiger partial charge in [0.15, 0.2) is 0 Å². The number of carbonyl (C=O) groups excluding carboxylic acids is 2. The van der Waals surface area contributed by atoms with Gasteiger partial charge in [0.25, 0.3) is 7.82 Å². The fourth-order valence-electron chi connectivity index (χ4n) is 8.09. The summed E-state index contributed by atoms with van der Waals surface area (Å²) in [5.74, 6) is -0.566. The van der Waals surface area contributed by atoms with E-state index >= 15 is 0 Å². The Balaban J connectivity index is 5.34. The van der Waals surface area contributed by atoms with Gasteiger partial charge in [-0.15, -0.1) is 0 Å². The van der Waals surface area contributed by atoms with E-state index in [-0.39, 0.29) is 24.9 Å². The van der Waals surface area contributed by atoms with Gasteiger partial charge in [-0.05, 0) is 96.0 Å². The Hall–Kier alpha value is -2.55. The van der Waals surface area contributed by atoms with Crippen LogP contribution in [0, 0.1) is 0 Å². The van der Waals surface area contributed by atoms with Gasteiger partial charge in [-0.1, -0.05) is 216 Å². The zero-order valence-corrected chi connectivity index (χ0v) is 47.8. The van der Waals surface area contributed by atoms with Crippen molar-refractivity contribution in [2.75, 3.05) is 40.9 Å². The SMILES string of the molecule is CC/C=C/C/C=C/CCCCCCCCCC(=O)OC(/C=C\CCCCCCCCCCCC)C(COP(=O)([O-])OCC[N+](C)(C)C)NC(=O)CCCCCCCC/C=C\C/C=C\C/C=C\CCCCC. The molecule has 0 bridgehead atoms. The number of allylic oxidation sites excluding steroid dienone is 11. The largest absolute Gasteiger partial charge is 0.756 e. The van der Waals surface area contributed by atoms with Gasteiger partial charge in [0.1, 0.15) is 19.3 Å². The quantitative estimate of drug-likeness (QED) is 0.0212. The van der Waals surface area contributed by atoms with Crippen LogP contribution >= 0.6 is 7.82 Å². The number of phosphoric ester groups is 1. The van der Waals surface area contributed by atoms with Gasteiger partial charge in [0, 0.05) is 12.8 Å². The first kappa shape index (κ1) is 68.5. The average Bonchev–Trinajstić information content (AvgIpc) is 3.33. The molecule has 412 valence electrons. The molecule has 0 aliphatic rings. The minimum atomic E-state index is -4.70. The van der Waals surface area contributed by atoms with Crippen LogP contribution in [0.5, 0.6) is 0 Å². The molecule has 71 heavy (non-hydrogen) atoms. The van der Waals surface area contributed by atoms with E-state index in [2.05, 4.69) is 86.8 Å². The highest BCUT2D eigenvalue weighted by molar-refractivity contribution is 7.45. The van der Waals surface area contributed by atoms with Gasteiger partial charge >= 0.3 is 5.97 Å². The molecular formula is C61H111N2O7P. The Morgan fingerprint density at radius 2 is 0.901 bits per heavy atom. The summed E-state index contributed by atoms with van der Waals surface area (Å²) < 4.78 is 30.2. The number of ether oxygens (including phenoxy) is 1. The Kier molecular flexibility index (Phi) is 49.1. The third-order valence-corrected chi connectivity index (χ3v) is 13.6. The standard InChI is InChI=1S/C61H111N2O7P/c1-7-10-13-16-19-22-25-28-30-31-32-33-34-35-38-41-44-47-50-53-60(64)62-58(57-69-71(66,67)68-56-55-63(4,5)6)59(52-49-46-43-40-37-27-24-21-18-15-12-9-3)70-61(65)54-51-48-45-42-39-36-29-26-23-20-17-14-11-8-2/h11,14,19-20,22-23,28,30,32-33,49,52,58-59H,7-10,12-13,15-18,21,24-27,29,31,34-48,50-51,53-57H2,1-6H3,(H-,62,64,66,67)/b14-11+,22-19-,23-20+,30-28-,33-32-,52-49-. The summed E-state index contributed by atoms with van der Waals surface area (Å²) in [4.78, 5) is 39.9. The van der Waals surface area contributed by atoms with Gasteiger partial charge in [-0.2, -0.15) is 0 Å². The van der Waals surface area contributed by atoms with Crippen LogP contribution in [-0.4, -0.2) is 69.4 Å². The van der Waals surface area contributed by atoms with Crippen molar-refractivity contribution in [3.63, 3.8) is 0 Å². The fraction of sp³-hybridized carbons (Fsp3) is 0.770. The third-order valence-electron chi connectivity index (χ3n) is 12.6. The molecule has 3 unspecified atom stereocenters. The van der Waals surface area contributed by atoms with Crippen molar-refractivity contribution in [3.8, 4) is 0 Å². The first-order valence-electron chi connectivity index (χ1n) is 29.2. The second-order valence-electron chi connectivity index (χ2n) is 20.8. The van der Waals surface area contributed by atoms with E-state index in [0.717, 1.165) is 122 Å². The molecule has 0 aliphatic heterocycles. The number of carbonyl (C=O) groups is 2. The number of hydrogen-bond donors (Lipinski definition) is 1. The average molecular weight is 1020 g/mol. The zero-order chi connectivity index (χ0) is 52.2. The summed E-state index contributed by atoms with van der Waals surface area (Å²) in [5, 5.41) is 3.01. The predicted octanol–water partition coefficient (Wildman–Crippen LogP) is 17.0. The van der Waals surface area contributed by atoms with Crippen LogP contribution in [0.15, 0.2) is 72.9 Å². The molecule has 0 saturated heterocycles. The number of unbranched alkanes of at least 4 members (excludes halogenated alkanes) is 26. The van der Waals surface area contributed by atoms with Crippen molar-refractivity contribution in [2.24, 2.45) is 0 Å². The number of hydrogen-bond acceptors (Lipinski definition) is 7. The van der Waals surface area contributed by atoms with Crippen molar-refractivity contribution >= 4 is 19.7 Å². The summed E-state index contributed by atoms with van der Waals surface area (Å²) in [5.41, 5.74) is 0. The van der Waals surface area contributed by atoms with Crippen LogP contribution < -0.4 is 10.2 Å². The topological polar surface area (TPSA) is 114 Å². The molecule has 9 nitrogen and oxygen atoms in total. The summed E-state index contributed by atoms with van der Waals surface area (Å²) in [6, 6.07) is -0.900. The van der Waals surface area contributed by atoms with E-state index in [1.54, 1.807) is 0 Å². The van der Waals surface area contributed by atoms with E-state index in [1.807, 2.05) is 33.3 Å². The highest BCUT2D eigenvalue weighted by atomic mass is 31.2.